The Bertz CT molecular complexity index is 850. The molecule has 0 spiro atoms. The fourth-order valence-electron chi connectivity index (χ4n) is 8.12. The van der Waals surface area contributed by atoms with Crippen molar-refractivity contribution in [1.82, 2.24) is 0 Å². The zero-order valence-corrected chi connectivity index (χ0v) is 18.8. The van der Waals surface area contributed by atoms with E-state index >= 15 is 0 Å². The molecule has 0 aliphatic heterocycles. The Morgan fingerprint density at radius 1 is 0.897 bits per heavy atom. The van der Waals surface area contributed by atoms with E-state index in [9.17, 15) is 8.42 Å². The average molecular weight is 417 g/mol. The molecule has 160 valence electrons. The van der Waals surface area contributed by atoms with Crippen LogP contribution in [0.3, 0.4) is 0 Å². The molecule has 4 aliphatic rings. The van der Waals surface area contributed by atoms with Crippen LogP contribution in [0.1, 0.15) is 78.1 Å². The van der Waals surface area contributed by atoms with Crippen molar-refractivity contribution in [3.63, 3.8) is 0 Å². The molecule has 1 aromatic carbocycles. The normalized spacial score (nSPS) is 44.6. The molecule has 4 fully saturated rings. The van der Waals surface area contributed by atoms with E-state index in [-0.39, 0.29) is 11.0 Å². The van der Waals surface area contributed by atoms with Crippen LogP contribution in [0.15, 0.2) is 35.2 Å². The second kappa shape index (κ2) is 7.09. The van der Waals surface area contributed by atoms with Crippen molar-refractivity contribution in [1.29, 1.82) is 0 Å². The molecule has 0 aromatic heterocycles. The Balaban J connectivity index is 1.31. The molecule has 0 bridgehead atoms. The SMILES string of the molecule is C[C@]12CCC[C@@H]1[C@@H]1CC[C@H]3C[C@H](OS(=O)(=O)c4ccccc4)CC[C@@]3(C)[C@@H]1CC2. The molecule has 0 heterocycles. The third-order valence-corrected chi connectivity index (χ3v) is 11.1. The summed E-state index contributed by atoms with van der Waals surface area (Å²) in [4.78, 5) is 0.282. The van der Waals surface area contributed by atoms with Gasteiger partial charge in [-0.15, -0.1) is 0 Å². The average Bonchev–Trinajstić information content (AvgIpc) is 3.10. The van der Waals surface area contributed by atoms with Gasteiger partial charge in [0.25, 0.3) is 10.1 Å². The van der Waals surface area contributed by atoms with Crippen molar-refractivity contribution >= 4 is 10.1 Å². The van der Waals surface area contributed by atoms with Crippen molar-refractivity contribution in [2.45, 2.75) is 89.1 Å². The van der Waals surface area contributed by atoms with Gasteiger partial charge in [0.15, 0.2) is 0 Å². The molecule has 0 N–H and O–H groups in total. The molecule has 7 atom stereocenters. The van der Waals surface area contributed by atoms with Gasteiger partial charge < -0.3 is 0 Å². The maximum atomic E-state index is 12.7. The minimum Gasteiger partial charge on any atom is -0.263 e. The van der Waals surface area contributed by atoms with Gasteiger partial charge in [-0.1, -0.05) is 38.5 Å². The molecule has 5 rings (SSSR count). The first-order chi connectivity index (χ1) is 13.8. The summed E-state index contributed by atoms with van der Waals surface area (Å²) in [6.45, 7) is 5.10. The van der Waals surface area contributed by atoms with E-state index in [0.29, 0.717) is 16.7 Å². The van der Waals surface area contributed by atoms with Crippen LogP contribution in [0.2, 0.25) is 0 Å². The molecule has 29 heavy (non-hydrogen) atoms. The molecule has 0 radical (unpaired) electrons. The van der Waals surface area contributed by atoms with Gasteiger partial charge in [-0.2, -0.15) is 8.42 Å². The van der Waals surface area contributed by atoms with Crippen molar-refractivity contribution in [2.24, 2.45) is 34.5 Å². The fraction of sp³-hybridized carbons (Fsp3) is 0.760. The molecule has 1 aromatic rings. The van der Waals surface area contributed by atoms with Crippen LogP contribution in [0.5, 0.6) is 0 Å². The third-order valence-electron chi connectivity index (χ3n) is 9.69. The summed E-state index contributed by atoms with van der Waals surface area (Å²) in [5.74, 6) is 3.29. The lowest BCUT2D eigenvalue weighted by molar-refractivity contribution is -0.117. The molecule has 0 amide bonds. The Labute approximate surface area is 176 Å². The summed E-state index contributed by atoms with van der Waals surface area (Å²) >= 11 is 0. The Hall–Kier alpha value is -0.870. The highest BCUT2D eigenvalue weighted by atomic mass is 32.2. The Morgan fingerprint density at radius 2 is 1.69 bits per heavy atom. The zero-order chi connectivity index (χ0) is 20.3. The first-order valence-corrected chi connectivity index (χ1v) is 13.2. The van der Waals surface area contributed by atoms with E-state index in [0.717, 1.165) is 37.0 Å². The number of fused-ring (bicyclic) bond motifs is 5. The predicted molar refractivity (Wildman–Crippen MR) is 115 cm³/mol. The molecular weight excluding hydrogens is 380 g/mol. The van der Waals surface area contributed by atoms with Gasteiger partial charge in [0, 0.05) is 0 Å². The summed E-state index contributed by atoms with van der Waals surface area (Å²) < 4.78 is 31.2. The van der Waals surface area contributed by atoms with Crippen LogP contribution in [0.25, 0.3) is 0 Å². The van der Waals surface area contributed by atoms with E-state index in [1.807, 2.05) is 6.07 Å². The highest BCUT2D eigenvalue weighted by Gasteiger charge is 2.58. The van der Waals surface area contributed by atoms with Gasteiger partial charge >= 0.3 is 0 Å². The van der Waals surface area contributed by atoms with Gasteiger partial charge in [0.05, 0.1) is 11.0 Å². The second-order valence-electron chi connectivity index (χ2n) is 11.0. The minimum atomic E-state index is -3.66. The highest BCUT2D eigenvalue weighted by Crippen LogP contribution is 2.66. The van der Waals surface area contributed by atoms with Crippen molar-refractivity contribution in [3.05, 3.63) is 30.3 Å². The van der Waals surface area contributed by atoms with Gasteiger partial charge in [-0.25, -0.2) is 0 Å². The Kier molecular flexibility index (Phi) is 4.90. The van der Waals surface area contributed by atoms with E-state index in [2.05, 4.69) is 13.8 Å². The second-order valence-corrected chi connectivity index (χ2v) is 12.6. The highest BCUT2D eigenvalue weighted by molar-refractivity contribution is 7.86. The number of hydrogen-bond acceptors (Lipinski definition) is 3. The van der Waals surface area contributed by atoms with Crippen LogP contribution < -0.4 is 0 Å². The molecule has 0 unspecified atom stereocenters. The van der Waals surface area contributed by atoms with Gasteiger partial charge in [0.1, 0.15) is 0 Å². The molecule has 4 heteroatoms. The van der Waals surface area contributed by atoms with Crippen LogP contribution in [0, 0.1) is 34.5 Å². The predicted octanol–water partition coefficient (Wildman–Crippen LogP) is 6.19. The first-order valence-electron chi connectivity index (χ1n) is 11.8. The summed E-state index contributed by atoms with van der Waals surface area (Å²) in [6, 6.07) is 8.62. The number of rotatable bonds is 3. The third kappa shape index (κ3) is 3.29. The molecule has 4 aliphatic carbocycles. The van der Waals surface area contributed by atoms with Crippen molar-refractivity contribution in [2.75, 3.05) is 0 Å². The molecule has 4 saturated carbocycles. The Morgan fingerprint density at radius 3 is 2.48 bits per heavy atom. The fourth-order valence-corrected chi connectivity index (χ4v) is 9.26. The van der Waals surface area contributed by atoms with E-state index < -0.39 is 10.1 Å². The van der Waals surface area contributed by atoms with E-state index in [1.54, 1.807) is 24.3 Å². The number of hydrogen-bond donors (Lipinski definition) is 0. The van der Waals surface area contributed by atoms with Crippen LogP contribution in [-0.4, -0.2) is 14.5 Å². The van der Waals surface area contributed by atoms with Crippen LogP contribution >= 0.6 is 0 Å². The summed E-state index contributed by atoms with van der Waals surface area (Å²) in [5.41, 5.74) is 0.984. The van der Waals surface area contributed by atoms with Crippen molar-refractivity contribution < 1.29 is 12.6 Å². The smallest absolute Gasteiger partial charge is 0.263 e. The maximum absolute atomic E-state index is 12.7. The monoisotopic (exact) mass is 416 g/mol. The summed E-state index contributed by atoms with van der Waals surface area (Å²) in [7, 11) is -3.66. The maximum Gasteiger partial charge on any atom is 0.297 e. The van der Waals surface area contributed by atoms with Gasteiger partial charge in [-0.05, 0) is 104 Å². The number of benzene rings is 1. The minimum absolute atomic E-state index is 0.157. The van der Waals surface area contributed by atoms with Gasteiger partial charge in [0.2, 0.25) is 0 Å². The molecule has 0 saturated heterocycles. The van der Waals surface area contributed by atoms with E-state index in [1.165, 1.54) is 44.9 Å². The largest absolute Gasteiger partial charge is 0.297 e. The van der Waals surface area contributed by atoms with Crippen LogP contribution in [0.4, 0.5) is 0 Å². The molecule has 3 nitrogen and oxygen atoms in total. The van der Waals surface area contributed by atoms with Crippen molar-refractivity contribution in [3.8, 4) is 0 Å². The lowest BCUT2D eigenvalue weighted by Crippen LogP contribution is -2.53. The quantitative estimate of drug-likeness (QED) is 0.552. The first kappa shape index (κ1) is 20.1. The summed E-state index contributed by atoms with van der Waals surface area (Å²) in [6.07, 6.45) is 12.5. The summed E-state index contributed by atoms with van der Waals surface area (Å²) in [5, 5.41) is 0. The standard InChI is InChI=1S/C25H36O3S/c1-24-14-6-9-22(24)21-11-10-18-17-19(12-16-25(18,2)23(21)13-15-24)28-29(26,27)20-7-4-3-5-8-20/h3-5,7-8,18-19,21-23H,6,9-17H2,1-2H3/t18-,19+,21-,22+,23+,24+,25+/m0/s1. The zero-order valence-electron chi connectivity index (χ0n) is 18.0. The van der Waals surface area contributed by atoms with E-state index in [4.69, 9.17) is 4.18 Å². The topological polar surface area (TPSA) is 43.4 Å². The van der Waals surface area contributed by atoms with Crippen LogP contribution in [-0.2, 0) is 14.3 Å². The lowest BCUT2D eigenvalue weighted by Gasteiger charge is -2.60. The molecular formula is C25H36O3S. The van der Waals surface area contributed by atoms with Gasteiger partial charge in [-0.3, -0.25) is 4.18 Å². The lowest BCUT2D eigenvalue weighted by atomic mass is 9.45.